The van der Waals surface area contributed by atoms with Gasteiger partial charge in [0.15, 0.2) is 0 Å². The molecule has 2 aromatic heterocycles. The lowest BCUT2D eigenvalue weighted by Crippen LogP contribution is -2.18. The Morgan fingerprint density at radius 1 is 1.41 bits per heavy atom. The Labute approximate surface area is 96.6 Å². The summed E-state index contributed by atoms with van der Waals surface area (Å²) in [6.45, 7) is 0. The molecule has 6 heteroatoms. The molecule has 0 atom stereocenters. The Bertz CT molecular complexity index is 702. The van der Waals surface area contributed by atoms with Gasteiger partial charge in [-0.3, -0.25) is 10.1 Å². The van der Waals surface area contributed by atoms with Crippen molar-refractivity contribution in [1.82, 2.24) is 9.55 Å². The molecular weight excluding hydrogens is 220 g/mol. The van der Waals surface area contributed by atoms with Crippen LogP contribution in [0.25, 0.3) is 10.8 Å². The summed E-state index contributed by atoms with van der Waals surface area (Å²) in [5.74, 6) is 1.21. The zero-order valence-corrected chi connectivity index (χ0v) is 9.39. The van der Waals surface area contributed by atoms with Crippen molar-refractivity contribution >= 4 is 28.4 Å². The molecule has 0 radical (unpaired) electrons. The minimum absolute atomic E-state index is 0.297. The summed E-state index contributed by atoms with van der Waals surface area (Å²) < 4.78 is 6.93. The minimum atomic E-state index is -0.297. The van der Waals surface area contributed by atoms with Gasteiger partial charge in [-0.25, -0.2) is 0 Å². The quantitative estimate of drug-likeness (QED) is 0.732. The molecular formula is C11H10N4O2. The molecule has 0 bridgehead atoms. The Morgan fingerprint density at radius 2 is 2.24 bits per heavy atom. The van der Waals surface area contributed by atoms with Gasteiger partial charge in [0.25, 0.3) is 11.6 Å². The highest BCUT2D eigenvalue weighted by atomic mass is 16.5. The summed E-state index contributed by atoms with van der Waals surface area (Å²) in [6.07, 6.45) is 1.90. The third kappa shape index (κ3) is 1.37. The predicted octanol–water partition coefficient (Wildman–Crippen LogP) is 0.993. The molecule has 1 N–H and O–H groups in total. The Hall–Kier alpha value is -2.37. The molecule has 86 valence electrons. The van der Waals surface area contributed by atoms with Gasteiger partial charge in [0.1, 0.15) is 11.6 Å². The maximum atomic E-state index is 11.4. The van der Waals surface area contributed by atoms with Crippen molar-refractivity contribution in [1.29, 1.82) is 0 Å². The normalized spacial score (nSPS) is 13.2. The predicted molar refractivity (Wildman–Crippen MR) is 64.7 cm³/mol. The lowest BCUT2D eigenvalue weighted by molar-refractivity contribution is 0.401. The largest absolute Gasteiger partial charge is 0.468 e. The van der Waals surface area contributed by atoms with Gasteiger partial charge in [0.05, 0.1) is 12.5 Å². The van der Waals surface area contributed by atoms with E-state index >= 15 is 0 Å². The van der Waals surface area contributed by atoms with E-state index in [4.69, 9.17) is 4.74 Å². The SMILES string of the molecule is COC1=Nc2c3c(nc(=O)ccc3cn2C)N1. The first-order valence-corrected chi connectivity index (χ1v) is 5.09. The zero-order chi connectivity index (χ0) is 12.0. The van der Waals surface area contributed by atoms with Gasteiger partial charge in [-0.1, -0.05) is 0 Å². The van der Waals surface area contributed by atoms with E-state index in [-0.39, 0.29) is 5.56 Å². The summed E-state index contributed by atoms with van der Waals surface area (Å²) in [7, 11) is 3.40. The van der Waals surface area contributed by atoms with Gasteiger partial charge in [0.2, 0.25) is 0 Å². The minimum Gasteiger partial charge on any atom is -0.468 e. The second kappa shape index (κ2) is 3.31. The third-order valence-corrected chi connectivity index (χ3v) is 2.67. The highest BCUT2D eigenvalue weighted by Crippen LogP contribution is 2.34. The Morgan fingerprint density at radius 3 is 3.00 bits per heavy atom. The number of ether oxygens (including phenoxy) is 1. The molecule has 3 heterocycles. The Kier molecular flexibility index (Phi) is 1.91. The van der Waals surface area contributed by atoms with Crippen molar-refractivity contribution in [2.75, 3.05) is 12.4 Å². The fourth-order valence-corrected chi connectivity index (χ4v) is 1.92. The maximum Gasteiger partial charge on any atom is 0.296 e. The van der Waals surface area contributed by atoms with Crippen LogP contribution in [-0.2, 0) is 11.8 Å². The fraction of sp³-hybridized carbons (Fsp3) is 0.182. The smallest absolute Gasteiger partial charge is 0.296 e. The average molecular weight is 230 g/mol. The molecule has 0 aromatic carbocycles. The average Bonchev–Trinajstić information content (AvgIpc) is 2.54. The summed E-state index contributed by atoms with van der Waals surface area (Å²) in [5.41, 5.74) is -0.297. The van der Waals surface area contributed by atoms with E-state index in [0.717, 1.165) is 16.6 Å². The molecule has 0 amide bonds. The van der Waals surface area contributed by atoms with E-state index in [1.165, 1.54) is 13.2 Å². The number of rotatable bonds is 0. The van der Waals surface area contributed by atoms with Gasteiger partial charge in [-0.2, -0.15) is 9.98 Å². The standard InChI is InChI=1S/C11H10N4O2/c1-15-5-6-3-4-7(16)12-9-8(6)10(15)14-11(13-9)17-2/h3-5H,1-2H3,(H,12,13,14,16). The van der Waals surface area contributed by atoms with Gasteiger partial charge >= 0.3 is 0 Å². The number of amidine groups is 1. The zero-order valence-electron chi connectivity index (χ0n) is 9.39. The molecule has 0 spiro atoms. The highest BCUT2D eigenvalue weighted by Gasteiger charge is 2.18. The lowest BCUT2D eigenvalue weighted by atomic mass is 10.2. The molecule has 0 saturated carbocycles. The Balaban J connectivity index is 2.47. The number of methoxy groups -OCH3 is 1. The number of hydrogen-bond acceptors (Lipinski definition) is 5. The van der Waals surface area contributed by atoms with E-state index in [1.54, 1.807) is 6.07 Å². The van der Waals surface area contributed by atoms with Gasteiger partial charge < -0.3 is 9.30 Å². The van der Waals surface area contributed by atoms with E-state index in [0.29, 0.717) is 11.8 Å². The van der Waals surface area contributed by atoms with Crippen LogP contribution in [0.2, 0.25) is 0 Å². The van der Waals surface area contributed by atoms with Crippen LogP contribution in [0.4, 0.5) is 11.6 Å². The second-order valence-corrected chi connectivity index (χ2v) is 3.77. The first kappa shape index (κ1) is 9.83. The van der Waals surface area contributed by atoms with E-state index < -0.39 is 0 Å². The van der Waals surface area contributed by atoms with Crippen LogP contribution in [0.5, 0.6) is 0 Å². The first-order valence-electron chi connectivity index (χ1n) is 5.09. The number of anilines is 1. The second-order valence-electron chi connectivity index (χ2n) is 3.77. The van der Waals surface area contributed by atoms with Gasteiger partial charge in [0, 0.05) is 24.7 Å². The van der Waals surface area contributed by atoms with Crippen LogP contribution in [0.15, 0.2) is 28.1 Å². The number of nitrogens with zero attached hydrogens (tertiary/aromatic N) is 3. The lowest BCUT2D eigenvalue weighted by Gasteiger charge is -2.12. The third-order valence-electron chi connectivity index (χ3n) is 2.67. The number of nitrogens with one attached hydrogen (secondary N) is 1. The monoisotopic (exact) mass is 230 g/mol. The number of aryl methyl sites for hydroxylation is 1. The van der Waals surface area contributed by atoms with Crippen molar-refractivity contribution in [2.45, 2.75) is 0 Å². The summed E-state index contributed by atoms with van der Waals surface area (Å²) >= 11 is 0. The molecule has 0 saturated heterocycles. The summed E-state index contributed by atoms with van der Waals surface area (Å²) in [6, 6.07) is 3.51. The van der Waals surface area contributed by atoms with Crippen LogP contribution >= 0.6 is 0 Å². The number of aromatic nitrogens is 2. The van der Waals surface area contributed by atoms with Crippen molar-refractivity contribution in [3.8, 4) is 0 Å². The van der Waals surface area contributed by atoms with Crippen molar-refractivity contribution < 1.29 is 4.74 Å². The van der Waals surface area contributed by atoms with E-state index in [9.17, 15) is 4.79 Å². The van der Waals surface area contributed by atoms with Gasteiger partial charge in [-0.05, 0) is 6.07 Å². The topological polar surface area (TPSA) is 68.5 Å². The summed E-state index contributed by atoms with van der Waals surface area (Å²) in [5, 5.41) is 4.63. The van der Waals surface area contributed by atoms with Crippen LogP contribution < -0.4 is 10.9 Å². The molecule has 2 aromatic rings. The van der Waals surface area contributed by atoms with Crippen molar-refractivity contribution in [3.63, 3.8) is 0 Å². The van der Waals surface area contributed by atoms with Crippen LogP contribution in [-0.4, -0.2) is 22.7 Å². The molecule has 1 aliphatic rings. The molecule has 0 aliphatic carbocycles. The maximum absolute atomic E-state index is 11.4. The van der Waals surface area contributed by atoms with E-state index in [2.05, 4.69) is 15.3 Å². The molecule has 0 unspecified atom stereocenters. The molecule has 1 aliphatic heterocycles. The van der Waals surface area contributed by atoms with Crippen molar-refractivity contribution in [2.24, 2.45) is 12.0 Å². The number of hydrogen-bond donors (Lipinski definition) is 1. The van der Waals surface area contributed by atoms with Crippen LogP contribution in [0.3, 0.4) is 0 Å². The highest BCUT2D eigenvalue weighted by molar-refractivity contribution is 6.09. The molecule has 0 fully saturated rings. The summed E-state index contributed by atoms with van der Waals surface area (Å²) in [4.78, 5) is 19.7. The van der Waals surface area contributed by atoms with Crippen molar-refractivity contribution in [3.05, 3.63) is 28.7 Å². The molecule has 3 rings (SSSR count). The van der Waals surface area contributed by atoms with Crippen LogP contribution in [0, 0.1) is 0 Å². The first-order chi connectivity index (χ1) is 8.19. The molecule has 6 nitrogen and oxygen atoms in total. The number of aliphatic imine (C=N–C) groups is 1. The van der Waals surface area contributed by atoms with Crippen LogP contribution in [0.1, 0.15) is 0 Å². The fourth-order valence-electron chi connectivity index (χ4n) is 1.92. The molecule has 17 heavy (non-hydrogen) atoms. The van der Waals surface area contributed by atoms with E-state index in [1.807, 2.05) is 17.8 Å². The van der Waals surface area contributed by atoms with Gasteiger partial charge in [-0.15, -0.1) is 0 Å².